The highest BCUT2D eigenvalue weighted by Crippen LogP contribution is 2.19. The van der Waals surface area contributed by atoms with Gasteiger partial charge >= 0.3 is 6.03 Å². The maximum Gasteiger partial charge on any atom is 0.317 e. The van der Waals surface area contributed by atoms with E-state index in [1.54, 1.807) is 0 Å². The van der Waals surface area contributed by atoms with Crippen molar-refractivity contribution in [3.8, 4) is 0 Å². The normalized spacial score (nSPS) is 22.3. The number of urea groups is 1. The van der Waals surface area contributed by atoms with E-state index in [1.165, 1.54) is 11.1 Å². The average molecular weight is 317 g/mol. The van der Waals surface area contributed by atoms with Gasteiger partial charge in [0, 0.05) is 32.7 Å². The lowest BCUT2D eigenvalue weighted by Gasteiger charge is -2.27. The Morgan fingerprint density at radius 3 is 2.83 bits per heavy atom. The van der Waals surface area contributed by atoms with Crippen LogP contribution in [0.5, 0.6) is 0 Å². The van der Waals surface area contributed by atoms with Crippen molar-refractivity contribution in [1.29, 1.82) is 0 Å². The molecule has 2 heterocycles. The quantitative estimate of drug-likeness (QED) is 0.922. The number of carbonyl (C=O) groups excluding carboxylic acids is 1. The van der Waals surface area contributed by atoms with Crippen LogP contribution < -0.4 is 5.32 Å². The van der Waals surface area contributed by atoms with E-state index in [0.29, 0.717) is 32.2 Å². The predicted octanol–water partition coefficient (Wildman–Crippen LogP) is 1.86. The molecule has 0 bridgehead atoms. The largest absolute Gasteiger partial charge is 0.378 e. The van der Waals surface area contributed by atoms with Crippen molar-refractivity contribution in [1.82, 2.24) is 15.1 Å². The number of rotatable bonds is 4. The molecule has 2 amide bonds. The van der Waals surface area contributed by atoms with Crippen LogP contribution in [0, 0.1) is 12.8 Å². The highest BCUT2D eigenvalue weighted by atomic mass is 16.5. The van der Waals surface area contributed by atoms with Gasteiger partial charge in [-0.1, -0.05) is 24.3 Å². The lowest BCUT2D eigenvalue weighted by atomic mass is 10.1. The number of hydrogen-bond acceptors (Lipinski definition) is 3. The third kappa shape index (κ3) is 4.45. The summed E-state index contributed by atoms with van der Waals surface area (Å²) in [6.07, 6.45) is 1.16. The molecule has 1 unspecified atom stereocenters. The molecule has 0 spiro atoms. The molecule has 5 nitrogen and oxygen atoms in total. The molecule has 1 N–H and O–H groups in total. The van der Waals surface area contributed by atoms with Gasteiger partial charge in [-0.2, -0.15) is 0 Å². The van der Waals surface area contributed by atoms with Gasteiger partial charge in [0.1, 0.15) is 0 Å². The van der Waals surface area contributed by atoms with E-state index in [0.717, 1.165) is 32.6 Å². The van der Waals surface area contributed by atoms with Crippen molar-refractivity contribution < 1.29 is 9.53 Å². The summed E-state index contributed by atoms with van der Waals surface area (Å²) >= 11 is 0. The van der Waals surface area contributed by atoms with E-state index in [1.807, 2.05) is 4.90 Å². The fourth-order valence-corrected chi connectivity index (χ4v) is 3.36. The first-order chi connectivity index (χ1) is 11.2. The molecule has 2 aliphatic rings. The monoisotopic (exact) mass is 317 g/mol. The van der Waals surface area contributed by atoms with Gasteiger partial charge in [-0.05, 0) is 36.9 Å². The SMILES string of the molecule is Cc1ccccc1CN1CCC(CNC(=O)N2CCOCC2)C1. The minimum atomic E-state index is 0.0608. The average Bonchev–Trinajstić information content (AvgIpc) is 3.03. The lowest BCUT2D eigenvalue weighted by Crippen LogP contribution is -2.47. The number of amides is 2. The van der Waals surface area contributed by atoms with Crippen molar-refractivity contribution in [3.05, 3.63) is 35.4 Å². The van der Waals surface area contributed by atoms with Crippen LogP contribution >= 0.6 is 0 Å². The Morgan fingerprint density at radius 1 is 1.26 bits per heavy atom. The molecule has 0 aromatic heterocycles. The van der Waals surface area contributed by atoms with E-state index in [-0.39, 0.29) is 6.03 Å². The van der Waals surface area contributed by atoms with E-state index in [9.17, 15) is 4.79 Å². The van der Waals surface area contributed by atoms with Crippen molar-refractivity contribution in [2.45, 2.75) is 19.9 Å². The van der Waals surface area contributed by atoms with Crippen LogP contribution in [-0.4, -0.2) is 61.8 Å². The third-order valence-electron chi connectivity index (χ3n) is 4.87. The smallest absolute Gasteiger partial charge is 0.317 e. The van der Waals surface area contributed by atoms with Gasteiger partial charge in [0.2, 0.25) is 0 Å². The first-order valence-corrected chi connectivity index (χ1v) is 8.60. The summed E-state index contributed by atoms with van der Waals surface area (Å²) in [6.45, 7) is 8.87. The van der Waals surface area contributed by atoms with Crippen LogP contribution in [0.25, 0.3) is 0 Å². The first-order valence-electron chi connectivity index (χ1n) is 8.60. The molecule has 126 valence electrons. The van der Waals surface area contributed by atoms with Crippen LogP contribution in [0.15, 0.2) is 24.3 Å². The van der Waals surface area contributed by atoms with Gasteiger partial charge in [-0.15, -0.1) is 0 Å². The zero-order valence-corrected chi connectivity index (χ0v) is 14.0. The minimum absolute atomic E-state index is 0.0608. The van der Waals surface area contributed by atoms with Gasteiger partial charge in [0.05, 0.1) is 13.2 Å². The van der Waals surface area contributed by atoms with Crippen molar-refractivity contribution in [3.63, 3.8) is 0 Å². The number of ether oxygens (including phenoxy) is 1. The second-order valence-electron chi connectivity index (χ2n) is 6.60. The lowest BCUT2D eigenvalue weighted by molar-refractivity contribution is 0.0530. The van der Waals surface area contributed by atoms with Crippen LogP contribution in [-0.2, 0) is 11.3 Å². The molecular weight excluding hydrogens is 290 g/mol. The fourth-order valence-electron chi connectivity index (χ4n) is 3.36. The molecule has 2 saturated heterocycles. The van der Waals surface area contributed by atoms with E-state index in [4.69, 9.17) is 4.74 Å². The van der Waals surface area contributed by atoms with E-state index < -0.39 is 0 Å². The number of morpholine rings is 1. The number of likely N-dealkylation sites (tertiary alicyclic amines) is 1. The fraction of sp³-hybridized carbons (Fsp3) is 0.611. The summed E-state index contributed by atoms with van der Waals surface area (Å²) in [4.78, 5) is 16.5. The van der Waals surface area contributed by atoms with Gasteiger partial charge in [0.15, 0.2) is 0 Å². The summed E-state index contributed by atoms with van der Waals surface area (Å²) in [7, 11) is 0. The second kappa shape index (κ2) is 7.79. The zero-order valence-electron chi connectivity index (χ0n) is 14.0. The Kier molecular flexibility index (Phi) is 5.51. The summed E-state index contributed by atoms with van der Waals surface area (Å²) in [5, 5.41) is 3.09. The van der Waals surface area contributed by atoms with Crippen LogP contribution in [0.2, 0.25) is 0 Å². The Hall–Kier alpha value is -1.59. The summed E-state index contributed by atoms with van der Waals surface area (Å²) in [5.41, 5.74) is 2.77. The van der Waals surface area contributed by atoms with Gasteiger partial charge in [-0.25, -0.2) is 4.79 Å². The van der Waals surface area contributed by atoms with Gasteiger partial charge in [-0.3, -0.25) is 4.90 Å². The third-order valence-corrected chi connectivity index (χ3v) is 4.87. The molecule has 0 aliphatic carbocycles. The van der Waals surface area contributed by atoms with Crippen LogP contribution in [0.1, 0.15) is 17.5 Å². The van der Waals surface area contributed by atoms with Gasteiger partial charge < -0.3 is 15.0 Å². The topological polar surface area (TPSA) is 44.8 Å². The first kappa shape index (κ1) is 16.3. The number of benzene rings is 1. The highest BCUT2D eigenvalue weighted by Gasteiger charge is 2.24. The number of nitrogens with zero attached hydrogens (tertiary/aromatic N) is 2. The Morgan fingerprint density at radius 2 is 2.04 bits per heavy atom. The summed E-state index contributed by atoms with van der Waals surface area (Å²) in [5.74, 6) is 0.559. The Bertz CT molecular complexity index is 529. The summed E-state index contributed by atoms with van der Waals surface area (Å²) in [6, 6.07) is 8.64. The Balaban J connectivity index is 1.41. The van der Waals surface area contributed by atoms with Crippen LogP contribution in [0.3, 0.4) is 0 Å². The zero-order chi connectivity index (χ0) is 16.1. The van der Waals surface area contributed by atoms with E-state index in [2.05, 4.69) is 41.4 Å². The van der Waals surface area contributed by atoms with Crippen LogP contribution in [0.4, 0.5) is 4.79 Å². The highest BCUT2D eigenvalue weighted by molar-refractivity contribution is 5.74. The standard InChI is InChI=1S/C18H27N3O2/c1-15-4-2-3-5-17(15)14-20-7-6-16(13-20)12-19-18(22)21-8-10-23-11-9-21/h2-5,16H,6-14H2,1H3,(H,19,22). The number of hydrogen-bond donors (Lipinski definition) is 1. The molecule has 0 radical (unpaired) electrons. The molecule has 0 saturated carbocycles. The molecule has 1 aromatic carbocycles. The van der Waals surface area contributed by atoms with E-state index >= 15 is 0 Å². The molecular formula is C18H27N3O2. The molecule has 2 fully saturated rings. The number of carbonyl (C=O) groups is 1. The summed E-state index contributed by atoms with van der Waals surface area (Å²) < 4.78 is 5.28. The Labute approximate surface area is 138 Å². The number of nitrogens with one attached hydrogen (secondary N) is 1. The molecule has 5 heteroatoms. The maximum absolute atomic E-state index is 12.1. The van der Waals surface area contributed by atoms with Crippen molar-refractivity contribution >= 4 is 6.03 Å². The number of aryl methyl sites for hydroxylation is 1. The molecule has 3 rings (SSSR count). The molecule has 2 aliphatic heterocycles. The predicted molar refractivity (Wildman–Crippen MR) is 90.4 cm³/mol. The molecule has 1 atom stereocenters. The minimum Gasteiger partial charge on any atom is -0.378 e. The van der Waals surface area contributed by atoms with Gasteiger partial charge in [0.25, 0.3) is 0 Å². The van der Waals surface area contributed by atoms with Crippen molar-refractivity contribution in [2.24, 2.45) is 5.92 Å². The molecule has 1 aromatic rings. The maximum atomic E-state index is 12.1. The molecule has 23 heavy (non-hydrogen) atoms. The van der Waals surface area contributed by atoms with Crippen molar-refractivity contribution in [2.75, 3.05) is 45.9 Å². The second-order valence-corrected chi connectivity index (χ2v) is 6.60.